The molecule has 0 aliphatic carbocycles. The lowest BCUT2D eigenvalue weighted by Crippen LogP contribution is -2.32. The van der Waals surface area contributed by atoms with Crippen LogP contribution in [0.5, 0.6) is 0 Å². The molecule has 0 amide bonds. The molecular weight excluding hydrogens is 270 g/mol. The number of carbonyl (C=O) groups is 1. The third kappa shape index (κ3) is 1.85. The number of carboxylic acids is 1. The quantitative estimate of drug-likeness (QED) is 0.724. The predicted molar refractivity (Wildman–Crippen MR) is 70.6 cm³/mol. The Morgan fingerprint density at radius 1 is 1.67 bits per heavy atom. The van der Waals surface area contributed by atoms with Crippen molar-refractivity contribution in [1.82, 2.24) is 10.3 Å². The molecule has 7 heteroatoms. The maximum atomic E-state index is 10.9. The number of thiazole rings is 1. The van der Waals surface area contributed by atoms with Crippen LogP contribution in [0, 0.1) is 6.72 Å². The topological polar surface area (TPSA) is 68.1 Å². The van der Waals surface area contributed by atoms with E-state index in [1.165, 1.54) is 23.1 Å². The first kappa shape index (κ1) is 11.5. The van der Waals surface area contributed by atoms with Crippen LogP contribution in [-0.2, 0) is 4.79 Å². The third-order valence-electron chi connectivity index (χ3n) is 2.61. The van der Waals surface area contributed by atoms with Crippen molar-refractivity contribution < 1.29 is 14.1 Å². The molecule has 5 nitrogen and oxygen atoms in total. The molecular formula is C11H10N3O2S2+. The Hall–Kier alpha value is -1.60. The van der Waals surface area contributed by atoms with E-state index >= 15 is 0 Å². The summed E-state index contributed by atoms with van der Waals surface area (Å²) in [5.74, 6) is -0.295. The number of thioether (sulfide) groups is 1. The second kappa shape index (κ2) is 4.25. The lowest BCUT2D eigenvalue weighted by Gasteiger charge is -2.00. The number of hydrogen-bond acceptors (Lipinski definition) is 5. The van der Waals surface area contributed by atoms with Crippen LogP contribution < -0.4 is 14.2 Å². The summed E-state index contributed by atoms with van der Waals surface area (Å²) in [6.45, 7) is 3.86. The van der Waals surface area contributed by atoms with Gasteiger partial charge in [0.25, 0.3) is 4.66 Å². The van der Waals surface area contributed by atoms with Crippen LogP contribution in [0.1, 0.15) is 0 Å². The lowest BCUT2D eigenvalue weighted by molar-refractivity contribution is -0.470. The zero-order chi connectivity index (χ0) is 12.7. The number of carboxylic acid groups (broad SMARTS) is 1. The number of nitrogens with one attached hydrogen (secondary N) is 1. The van der Waals surface area contributed by atoms with E-state index in [-0.39, 0.29) is 0 Å². The highest BCUT2D eigenvalue weighted by Crippen LogP contribution is 2.23. The van der Waals surface area contributed by atoms with Crippen LogP contribution in [0.15, 0.2) is 18.3 Å². The molecule has 0 spiro atoms. The van der Waals surface area contributed by atoms with Crippen molar-refractivity contribution in [1.29, 1.82) is 0 Å². The minimum atomic E-state index is -0.828. The first-order chi connectivity index (χ1) is 8.65. The van der Waals surface area contributed by atoms with Crippen LogP contribution in [-0.4, -0.2) is 27.9 Å². The van der Waals surface area contributed by atoms with Gasteiger partial charge in [0.05, 0.1) is 12.9 Å². The second-order valence-electron chi connectivity index (χ2n) is 3.86. The number of aliphatic carboxylic acids is 1. The van der Waals surface area contributed by atoms with Crippen molar-refractivity contribution in [3.05, 3.63) is 29.7 Å². The molecule has 2 aromatic heterocycles. The standard InChI is InChI=1S/C11H9N3O2S2/c1-14-4-2-3-7-8(14)13-10(18-7)9-12-6(5-17-9)11(15)16/h2-4,6,12H,1,5H2/p+1. The average Bonchev–Trinajstić information content (AvgIpc) is 2.95. The van der Waals surface area contributed by atoms with E-state index in [1.54, 1.807) is 4.24 Å². The highest BCUT2D eigenvalue weighted by atomic mass is 32.2. The third-order valence-corrected chi connectivity index (χ3v) is 4.87. The molecule has 0 radical (unpaired) electrons. The second-order valence-corrected chi connectivity index (χ2v) is 5.92. The van der Waals surface area contributed by atoms with Crippen LogP contribution in [0.4, 0.5) is 0 Å². The van der Waals surface area contributed by atoms with E-state index in [4.69, 9.17) is 5.11 Å². The molecule has 1 aliphatic rings. The summed E-state index contributed by atoms with van der Waals surface area (Å²) in [6, 6.07) is 3.37. The molecule has 92 valence electrons. The molecule has 1 unspecified atom stereocenters. The molecule has 2 aromatic rings. The number of aromatic nitrogens is 2. The lowest BCUT2D eigenvalue weighted by atomic mass is 10.3. The molecule has 3 heterocycles. The van der Waals surface area contributed by atoms with Crippen molar-refractivity contribution in [2.45, 2.75) is 6.04 Å². The summed E-state index contributed by atoms with van der Waals surface area (Å²) in [7, 11) is 0. The van der Waals surface area contributed by atoms with E-state index in [9.17, 15) is 4.79 Å². The molecule has 3 rings (SSSR count). The van der Waals surface area contributed by atoms with Gasteiger partial charge in [-0.05, 0) is 17.1 Å². The predicted octanol–water partition coefficient (Wildman–Crippen LogP) is 0.0788. The first-order valence-electron chi connectivity index (χ1n) is 5.26. The molecule has 1 aliphatic heterocycles. The van der Waals surface area contributed by atoms with Crippen LogP contribution >= 0.6 is 23.1 Å². The Labute approximate surface area is 111 Å². The number of nitrogens with zero attached hydrogens (tertiary/aromatic N) is 2. The molecule has 1 fully saturated rings. The van der Waals surface area contributed by atoms with E-state index in [2.05, 4.69) is 17.0 Å². The van der Waals surface area contributed by atoms with Crippen molar-refractivity contribution >= 4 is 44.4 Å². The monoisotopic (exact) mass is 280 g/mol. The van der Waals surface area contributed by atoms with Crippen molar-refractivity contribution in [2.75, 3.05) is 5.75 Å². The van der Waals surface area contributed by atoms with E-state index < -0.39 is 12.0 Å². The van der Waals surface area contributed by atoms with Gasteiger partial charge in [0.15, 0.2) is 0 Å². The van der Waals surface area contributed by atoms with Crippen LogP contribution in [0.25, 0.3) is 15.4 Å². The van der Waals surface area contributed by atoms with Crippen molar-refractivity contribution in [3.63, 3.8) is 0 Å². The fraction of sp³-hybridized carbons (Fsp3) is 0.182. The Morgan fingerprint density at radius 2 is 2.50 bits per heavy atom. The van der Waals surface area contributed by atoms with Gasteiger partial charge in [0.2, 0.25) is 0 Å². The Balaban J connectivity index is 2.13. The highest BCUT2D eigenvalue weighted by molar-refractivity contribution is 8.08. The molecule has 18 heavy (non-hydrogen) atoms. The Morgan fingerprint density at radius 3 is 3.17 bits per heavy atom. The number of hydrogen-bond donors (Lipinski definition) is 2. The molecule has 2 N–H and O–H groups in total. The van der Waals surface area contributed by atoms with Gasteiger partial charge in [0.1, 0.15) is 15.8 Å². The molecule has 0 bridgehead atoms. The van der Waals surface area contributed by atoms with Gasteiger partial charge in [-0.2, -0.15) is 0 Å². The summed E-state index contributed by atoms with van der Waals surface area (Å²) in [5.41, 5.74) is 0.811. The first-order valence-corrected chi connectivity index (χ1v) is 7.07. The Bertz CT molecular complexity index is 740. The van der Waals surface area contributed by atoms with Gasteiger partial charge >= 0.3 is 11.6 Å². The summed E-state index contributed by atoms with van der Waals surface area (Å²) in [6.07, 6.45) is 1.84. The van der Waals surface area contributed by atoms with Gasteiger partial charge in [0, 0.05) is 5.75 Å². The van der Waals surface area contributed by atoms with E-state index in [0.717, 1.165) is 20.0 Å². The summed E-state index contributed by atoms with van der Waals surface area (Å²) in [4.78, 5) is 15.4. The van der Waals surface area contributed by atoms with Gasteiger partial charge in [-0.15, -0.1) is 11.8 Å². The SMILES string of the molecule is C=[n+]1cccc2sc(=C3NC(C(=O)O)CS3)nc21. The average molecular weight is 280 g/mol. The van der Waals surface area contributed by atoms with Crippen LogP contribution in [0.2, 0.25) is 0 Å². The van der Waals surface area contributed by atoms with Crippen LogP contribution in [0.3, 0.4) is 0 Å². The molecule has 1 saturated heterocycles. The van der Waals surface area contributed by atoms with Gasteiger partial charge in [-0.25, -0.2) is 9.04 Å². The smallest absolute Gasteiger partial charge is 0.346 e. The number of rotatable bonds is 1. The fourth-order valence-corrected chi connectivity index (χ4v) is 3.85. The maximum Gasteiger partial charge on any atom is 0.346 e. The molecule has 0 aromatic carbocycles. The zero-order valence-electron chi connectivity index (χ0n) is 9.29. The Kier molecular flexibility index (Phi) is 2.71. The largest absolute Gasteiger partial charge is 0.480 e. The van der Waals surface area contributed by atoms with Crippen molar-refractivity contribution in [2.24, 2.45) is 0 Å². The molecule has 0 saturated carbocycles. The van der Waals surface area contributed by atoms with E-state index in [1.807, 2.05) is 18.3 Å². The van der Waals surface area contributed by atoms with E-state index in [0.29, 0.717) is 5.75 Å². The van der Waals surface area contributed by atoms with Gasteiger partial charge in [-0.1, -0.05) is 11.3 Å². The highest BCUT2D eigenvalue weighted by Gasteiger charge is 2.28. The van der Waals surface area contributed by atoms with Gasteiger partial charge < -0.3 is 10.4 Å². The minimum absolute atomic E-state index is 0.524. The normalized spacial score (nSPS) is 22.1. The number of fused-ring (bicyclic) bond motifs is 1. The summed E-state index contributed by atoms with van der Waals surface area (Å²) in [5, 5.41) is 12.8. The zero-order valence-corrected chi connectivity index (χ0v) is 10.9. The number of pyridine rings is 1. The maximum absolute atomic E-state index is 10.9. The van der Waals surface area contributed by atoms with Crippen molar-refractivity contribution in [3.8, 4) is 0 Å². The molecule has 1 atom stereocenters. The van der Waals surface area contributed by atoms with Gasteiger partial charge in [-0.3, -0.25) is 0 Å². The summed E-state index contributed by atoms with van der Waals surface area (Å²) < 4.78 is 3.57. The summed E-state index contributed by atoms with van der Waals surface area (Å²) >= 11 is 3.03. The fourth-order valence-electron chi connectivity index (χ4n) is 1.71. The minimum Gasteiger partial charge on any atom is -0.480 e.